The van der Waals surface area contributed by atoms with Gasteiger partial charge in [0.1, 0.15) is 6.61 Å². The van der Waals surface area contributed by atoms with Gasteiger partial charge in [0.15, 0.2) is 0 Å². The maximum absolute atomic E-state index is 11.3. The smallest absolute Gasteiger partial charge is 0.415 e. The molecule has 1 aromatic rings. The van der Waals surface area contributed by atoms with E-state index in [-0.39, 0.29) is 0 Å². The lowest BCUT2D eigenvalue weighted by atomic mass is 10.3. The van der Waals surface area contributed by atoms with Gasteiger partial charge in [-0.3, -0.25) is 0 Å². The van der Waals surface area contributed by atoms with Crippen molar-refractivity contribution >= 4 is 52.6 Å². The lowest BCUT2D eigenvalue weighted by Crippen LogP contribution is -2.36. The van der Waals surface area contributed by atoms with Crippen LogP contribution in [0.15, 0.2) is 30.3 Å². The van der Waals surface area contributed by atoms with Crippen molar-refractivity contribution in [1.82, 2.24) is 5.32 Å². The molecule has 8 heteroatoms. The van der Waals surface area contributed by atoms with E-state index in [1.54, 1.807) is 30.3 Å². The number of urea groups is 1. The number of amides is 3. The number of nitrogens with one attached hydrogen (secondary N) is 2. The molecule has 18 heavy (non-hydrogen) atoms. The van der Waals surface area contributed by atoms with Crippen LogP contribution in [0.4, 0.5) is 15.3 Å². The summed E-state index contributed by atoms with van der Waals surface area (Å²) in [6.07, 6.45) is -1.00. The Kier molecular flexibility index (Phi) is 5.53. The van der Waals surface area contributed by atoms with Gasteiger partial charge in [0.2, 0.25) is 3.79 Å². The maximum atomic E-state index is 11.3. The number of imide groups is 1. The number of hydrogen-bond acceptors (Lipinski definition) is 3. The van der Waals surface area contributed by atoms with Crippen LogP contribution in [0.25, 0.3) is 0 Å². The summed E-state index contributed by atoms with van der Waals surface area (Å²) >= 11 is 16.1. The second-order valence-corrected chi connectivity index (χ2v) is 5.65. The third kappa shape index (κ3) is 6.54. The molecule has 0 unspecified atom stereocenters. The van der Waals surface area contributed by atoms with Crippen molar-refractivity contribution in [2.75, 3.05) is 11.9 Å². The standard InChI is InChI=1S/C10H9Cl3N2O3/c11-10(12,13)6-18-9(17)15-8(16)14-7-4-2-1-3-5-7/h1-5H,6H2,(H2,14,15,16,17). The number of halogens is 3. The molecule has 0 aliphatic carbocycles. The van der Waals surface area contributed by atoms with Gasteiger partial charge in [-0.1, -0.05) is 53.0 Å². The first kappa shape index (κ1) is 14.9. The average molecular weight is 312 g/mol. The van der Waals surface area contributed by atoms with Crippen LogP contribution in [0.3, 0.4) is 0 Å². The Labute approximate surface area is 118 Å². The molecule has 98 valence electrons. The number of para-hydroxylation sites is 1. The molecule has 0 aromatic heterocycles. The van der Waals surface area contributed by atoms with E-state index in [4.69, 9.17) is 34.8 Å². The second-order valence-electron chi connectivity index (χ2n) is 3.14. The van der Waals surface area contributed by atoms with Gasteiger partial charge in [-0.2, -0.15) is 0 Å². The highest BCUT2D eigenvalue weighted by molar-refractivity contribution is 6.67. The third-order valence-electron chi connectivity index (χ3n) is 1.61. The highest BCUT2D eigenvalue weighted by Gasteiger charge is 2.22. The highest BCUT2D eigenvalue weighted by Crippen LogP contribution is 2.25. The Balaban J connectivity index is 2.34. The van der Waals surface area contributed by atoms with Crippen LogP contribution in [-0.2, 0) is 4.74 Å². The number of carbonyl (C=O) groups is 2. The van der Waals surface area contributed by atoms with Gasteiger partial charge in [-0.05, 0) is 12.1 Å². The first-order valence-electron chi connectivity index (χ1n) is 4.73. The third-order valence-corrected chi connectivity index (χ3v) is 1.94. The van der Waals surface area contributed by atoms with Crippen molar-refractivity contribution < 1.29 is 14.3 Å². The Hall–Kier alpha value is -1.17. The normalized spacial score (nSPS) is 10.6. The van der Waals surface area contributed by atoms with Gasteiger partial charge in [-0.15, -0.1) is 0 Å². The number of hydrogen-bond donors (Lipinski definition) is 2. The predicted octanol–water partition coefficient (Wildman–Crippen LogP) is 3.31. The molecule has 2 N–H and O–H groups in total. The molecular weight excluding hydrogens is 302 g/mol. The van der Waals surface area contributed by atoms with Crippen LogP contribution in [0.5, 0.6) is 0 Å². The number of alkyl carbamates (subject to hydrolysis) is 1. The van der Waals surface area contributed by atoms with Gasteiger partial charge in [0, 0.05) is 5.69 Å². The van der Waals surface area contributed by atoms with Gasteiger partial charge in [0.05, 0.1) is 0 Å². The minimum Gasteiger partial charge on any atom is -0.445 e. The largest absolute Gasteiger partial charge is 0.445 e. The van der Waals surface area contributed by atoms with E-state index in [0.29, 0.717) is 5.69 Å². The molecule has 1 rings (SSSR count). The van der Waals surface area contributed by atoms with Crippen LogP contribution in [0, 0.1) is 0 Å². The molecule has 5 nitrogen and oxygen atoms in total. The molecule has 0 heterocycles. The minimum absolute atomic E-state index is 0.456. The van der Waals surface area contributed by atoms with Crippen molar-refractivity contribution in [3.63, 3.8) is 0 Å². The zero-order chi connectivity index (χ0) is 13.6. The topological polar surface area (TPSA) is 67.4 Å². The summed E-state index contributed by atoms with van der Waals surface area (Å²) in [6, 6.07) is 7.83. The Morgan fingerprint density at radius 1 is 1.17 bits per heavy atom. The van der Waals surface area contributed by atoms with E-state index < -0.39 is 22.5 Å². The highest BCUT2D eigenvalue weighted by atomic mass is 35.6. The number of rotatable bonds is 2. The van der Waals surface area contributed by atoms with Crippen LogP contribution in [0.2, 0.25) is 0 Å². The van der Waals surface area contributed by atoms with Crippen molar-refractivity contribution in [1.29, 1.82) is 0 Å². The van der Waals surface area contributed by atoms with Gasteiger partial charge >= 0.3 is 12.1 Å². The van der Waals surface area contributed by atoms with E-state index >= 15 is 0 Å². The quantitative estimate of drug-likeness (QED) is 0.823. The Morgan fingerprint density at radius 3 is 2.33 bits per heavy atom. The maximum Gasteiger partial charge on any atom is 0.415 e. The summed E-state index contributed by atoms with van der Waals surface area (Å²) in [5, 5.41) is 4.33. The van der Waals surface area contributed by atoms with Crippen molar-refractivity contribution in [2.45, 2.75) is 3.79 Å². The summed E-state index contributed by atoms with van der Waals surface area (Å²) in [4.78, 5) is 22.4. The molecule has 0 fully saturated rings. The molecule has 0 radical (unpaired) electrons. The molecule has 0 aliphatic heterocycles. The molecule has 0 aliphatic rings. The second kappa shape index (κ2) is 6.68. The summed E-state index contributed by atoms with van der Waals surface area (Å²) in [5.74, 6) is 0. The number of alkyl halides is 3. The summed E-state index contributed by atoms with van der Waals surface area (Å²) in [5.41, 5.74) is 0.532. The monoisotopic (exact) mass is 310 g/mol. The lowest BCUT2D eigenvalue weighted by Gasteiger charge is -2.11. The number of anilines is 1. The zero-order valence-electron chi connectivity index (χ0n) is 8.95. The van der Waals surface area contributed by atoms with Crippen LogP contribution in [-0.4, -0.2) is 22.5 Å². The number of carbonyl (C=O) groups excluding carboxylic acids is 2. The molecule has 1 aromatic carbocycles. The Bertz CT molecular complexity index is 420. The first-order valence-corrected chi connectivity index (χ1v) is 5.87. The van der Waals surface area contributed by atoms with E-state index in [9.17, 15) is 9.59 Å². The summed E-state index contributed by atoms with van der Waals surface area (Å²) < 4.78 is 2.79. The molecule has 0 spiro atoms. The van der Waals surface area contributed by atoms with E-state index in [0.717, 1.165) is 0 Å². The molecular formula is C10H9Cl3N2O3. The minimum atomic E-state index is -1.72. The lowest BCUT2D eigenvalue weighted by molar-refractivity contribution is 0.150. The fourth-order valence-corrected chi connectivity index (χ4v) is 1.12. The van der Waals surface area contributed by atoms with Crippen molar-refractivity contribution in [2.24, 2.45) is 0 Å². The zero-order valence-corrected chi connectivity index (χ0v) is 11.2. The molecule has 3 amide bonds. The van der Waals surface area contributed by atoms with E-state index in [2.05, 4.69) is 10.1 Å². The average Bonchev–Trinajstić information content (AvgIpc) is 2.26. The molecule has 0 atom stereocenters. The molecule has 0 saturated heterocycles. The van der Waals surface area contributed by atoms with E-state index in [1.165, 1.54) is 0 Å². The fourth-order valence-electron chi connectivity index (χ4n) is 0.960. The number of benzene rings is 1. The molecule has 0 saturated carbocycles. The fraction of sp³-hybridized carbons (Fsp3) is 0.200. The SMILES string of the molecule is O=C(NC(=O)OCC(Cl)(Cl)Cl)Nc1ccccc1. The van der Waals surface area contributed by atoms with E-state index in [1.807, 2.05) is 5.32 Å². The predicted molar refractivity (Wildman–Crippen MR) is 70.2 cm³/mol. The van der Waals surface area contributed by atoms with Crippen molar-refractivity contribution in [3.8, 4) is 0 Å². The van der Waals surface area contributed by atoms with Crippen LogP contribution in [0.1, 0.15) is 0 Å². The first-order chi connectivity index (χ1) is 8.37. The van der Waals surface area contributed by atoms with Gasteiger partial charge in [-0.25, -0.2) is 14.9 Å². The number of ether oxygens (including phenoxy) is 1. The van der Waals surface area contributed by atoms with Gasteiger partial charge < -0.3 is 10.1 Å². The summed E-state index contributed by atoms with van der Waals surface area (Å²) in [7, 11) is 0. The van der Waals surface area contributed by atoms with Crippen molar-refractivity contribution in [3.05, 3.63) is 30.3 Å². The Morgan fingerprint density at radius 2 is 1.78 bits per heavy atom. The van der Waals surface area contributed by atoms with Crippen LogP contribution >= 0.6 is 34.8 Å². The molecule has 0 bridgehead atoms. The van der Waals surface area contributed by atoms with Gasteiger partial charge in [0.25, 0.3) is 0 Å². The summed E-state index contributed by atoms with van der Waals surface area (Å²) in [6.45, 7) is -0.456. The van der Waals surface area contributed by atoms with Crippen LogP contribution < -0.4 is 10.6 Å².